The van der Waals surface area contributed by atoms with Gasteiger partial charge in [0.25, 0.3) is 5.91 Å². The average molecular weight is 417 g/mol. The monoisotopic (exact) mass is 416 g/mol. The van der Waals surface area contributed by atoms with Crippen LogP contribution in [-0.4, -0.2) is 38.3 Å². The molecule has 1 amide bonds. The molecule has 0 radical (unpaired) electrons. The van der Waals surface area contributed by atoms with Gasteiger partial charge in [0.15, 0.2) is 0 Å². The van der Waals surface area contributed by atoms with Crippen LogP contribution in [0.15, 0.2) is 41.3 Å². The number of aryl methyl sites for hydroxylation is 2. The summed E-state index contributed by atoms with van der Waals surface area (Å²) >= 11 is 0. The predicted molar refractivity (Wildman–Crippen MR) is 114 cm³/mol. The number of anilines is 1. The van der Waals surface area contributed by atoms with E-state index in [1.54, 1.807) is 36.4 Å². The van der Waals surface area contributed by atoms with Crippen molar-refractivity contribution in [3.05, 3.63) is 53.1 Å². The Kier molecular flexibility index (Phi) is 6.59. The lowest BCUT2D eigenvalue weighted by molar-refractivity contribution is 0.102. The molecule has 0 bridgehead atoms. The number of ether oxygens (including phenoxy) is 1. The number of hydrogen-bond donors (Lipinski definition) is 1. The molecular formula is C22H28N2O4S. The number of hydrogen-bond acceptors (Lipinski definition) is 4. The van der Waals surface area contributed by atoms with Gasteiger partial charge in [-0.05, 0) is 75.1 Å². The lowest BCUT2D eigenvalue weighted by atomic mass is 10.1. The molecular weight excluding hydrogens is 388 g/mol. The standard InChI is InChI=1S/C22H28N2O4S/c1-4-28-21-11-9-18(14-17(21)3)22(25)23-20-15-19(10-8-16(20)2)29(26,27)24-12-6-5-7-13-24/h8-11,14-15H,4-7,12-13H2,1-3H3,(H,23,25). The summed E-state index contributed by atoms with van der Waals surface area (Å²) in [6.45, 7) is 7.29. The summed E-state index contributed by atoms with van der Waals surface area (Å²) < 4.78 is 32.9. The van der Waals surface area contributed by atoms with E-state index in [9.17, 15) is 13.2 Å². The summed E-state index contributed by atoms with van der Waals surface area (Å²) in [4.78, 5) is 12.9. The van der Waals surface area contributed by atoms with Gasteiger partial charge in [0.2, 0.25) is 10.0 Å². The molecule has 1 saturated heterocycles. The zero-order valence-electron chi connectivity index (χ0n) is 17.2. The quantitative estimate of drug-likeness (QED) is 0.768. The third kappa shape index (κ3) is 4.79. The van der Waals surface area contributed by atoms with Gasteiger partial charge in [0.05, 0.1) is 11.5 Å². The second kappa shape index (κ2) is 8.97. The molecule has 6 nitrogen and oxygen atoms in total. The first-order valence-electron chi connectivity index (χ1n) is 9.98. The molecule has 2 aromatic rings. The number of sulfonamides is 1. The molecule has 1 fully saturated rings. The lowest BCUT2D eigenvalue weighted by Gasteiger charge is -2.26. The van der Waals surface area contributed by atoms with Crippen molar-refractivity contribution in [2.75, 3.05) is 25.0 Å². The molecule has 7 heteroatoms. The van der Waals surface area contributed by atoms with Gasteiger partial charge in [-0.3, -0.25) is 4.79 Å². The first-order valence-corrected chi connectivity index (χ1v) is 11.4. The summed E-state index contributed by atoms with van der Waals surface area (Å²) in [5, 5.41) is 2.86. The fourth-order valence-electron chi connectivity index (χ4n) is 3.45. The Bertz CT molecular complexity index is 996. The van der Waals surface area contributed by atoms with Crippen LogP contribution in [0.4, 0.5) is 5.69 Å². The van der Waals surface area contributed by atoms with Crippen LogP contribution in [0.2, 0.25) is 0 Å². The van der Waals surface area contributed by atoms with Crippen molar-refractivity contribution in [1.82, 2.24) is 4.31 Å². The molecule has 1 heterocycles. The fraction of sp³-hybridized carbons (Fsp3) is 0.409. The Morgan fingerprint density at radius 2 is 1.76 bits per heavy atom. The number of nitrogens with zero attached hydrogens (tertiary/aromatic N) is 1. The summed E-state index contributed by atoms with van der Waals surface area (Å²) in [7, 11) is -3.55. The first-order chi connectivity index (χ1) is 13.8. The van der Waals surface area contributed by atoms with Gasteiger partial charge in [-0.25, -0.2) is 8.42 Å². The molecule has 0 atom stereocenters. The number of nitrogens with one attached hydrogen (secondary N) is 1. The Hall–Kier alpha value is -2.38. The maximum Gasteiger partial charge on any atom is 0.255 e. The van der Waals surface area contributed by atoms with E-state index < -0.39 is 10.0 Å². The van der Waals surface area contributed by atoms with Crippen LogP contribution in [0.25, 0.3) is 0 Å². The summed E-state index contributed by atoms with van der Waals surface area (Å²) in [6.07, 6.45) is 2.82. The van der Waals surface area contributed by atoms with Crippen molar-refractivity contribution in [3.8, 4) is 5.75 Å². The summed E-state index contributed by atoms with van der Waals surface area (Å²) in [5.74, 6) is 0.460. The maximum absolute atomic E-state index is 12.9. The van der Waals surface area contributed by atoms with Crippen molar-refractivity contribution in [1.29, 1.82) is 0 Å². The van der Waals surface area contributed by atoms with Gasteiger partial charge in [-0.1, -0.05) is 12.5 Å². The number of carbonyl (C=O) groups is 1. The number of benzene rings is 2. The molecule has 29 heavy (non-hydrogen) atoms. The molecule has 3 rings (SSSR count). The van der Waals surface area contributed by atoms with E-state index in [4.69, 9.17) is 4.74 Å². The van der Waals surface area contributed by atoms with E-state index in [1.807, 2.05) is 20.8 Å². The van der Waals surface area contributed by atoms with Crippen LogP contribution >= 0.6 is 0 Å². The minimum absolute atomic E-state index is 0.211. The second-order valence-corrected chi connectivity index (χ2v) is 9.25. The van der Waals surface area contributed by atoms with Crippen molar-refractivity contribution in [3.63, 3.8) is 0 Å². The SMILES string of the molecule is CCOc1ccc(C(=O)Nc2cc(S(=O)(=O)N3CCCCC3)ccc2C)cc1C. The van der Waals surface area contributed by atoms with E-state index in [1.165, 1.54) is 4.31 Å². The summed E-state index contributed by atoms with van der Waals surface area (Å²) in [6, 6.07) is 10.1. The third-order valence-electron chi connectivity index (χ3n) is 5.15. The predicted octanol–water partition coefficient (Wildman–Crippen LogP) is 4.13. The Labute approximate surface area is 172 Å². The molecule has 0 unspecified atom stereocenters. The molecule has 0 spiro atoms. The highest BCUT2D eigenvalue weighted by Gasteiger charge is 2.26. The smallest absolute Gasteiger partial charge is 0.255 e. The highest BCUT2D eigenvalue weighted by Crippen LogP contribution is 2.26. The number of piperidine rings is 1. The van der Waals surface area contributed by atoms with Crippen LogP contribution < -0.4 is 10.1 Å². The van der Waals surface area contributed by atoms with Crippen molar-refractivity contribution < 1.29 is 17.9 Å². The molecule has 0 saturated carbocycles. The molecule has 1 aliphatic rings. The van der Waals surface area contributed by atoms with Crippen molar-refractivity contribution >= 4 is 21.6 Å². The highest BCUT2D eigenvalue weighted by molar-refractivity contribution is 7.89. The largest absolute Gasteiger partial charge is 0.494 e. The minimum Gasteiger partial charge on any atom is -0.494 e. The van der Waals surface area contributed by atoms with Crippen LogP contribution in [0.5, 0.6) is 5.75 Å². The van der Waals surface area contributed by atoms with Crippen molar-refractivity contribution in [2.24, 2.45) is 0 Å². The number of carbonyl (C=O) groups excluding carboxylic acids is 1. The topological polar surface area (TPSA) is 75.7 Å². The van der Waals surface area contributed by atoms with Gasteiger partial charge < -0.3 is 10.1 Å². The second-order valence-electron chi connectivity index (χ2n) is 7.31. The van der Waals surface area contributed by atoms with Gasteiger partial charge in [-0.2, -0.15) is 4.31 Å². The molecule has 1 aliphatic heterocycles. The van der Waals surface area contributed by atoms with Crippen LogP contribution in [0, 0.1) is 13.8 Å². The number of amides is 1. The van der Waals surface area contributed by atoms with Gasteiger partial charge in [-0.15, -0.1) is 0 Å². The van der Waals surface area contributed by atoms with E-state index in [2.05, 4.69) is 5.32 Å². The Balaban J connectivity index is 1.83. The molecule has 0 aromatic heterocycles. The fourth-order valence-corrected chi connectivity index (χ4v) is 5.00. The molecule has 156 valence electrons. The number of rotatable bonds is 6. The Morgan fingerprint density at radius 3 is 2.41 bits per heavy atom. The third-order valence-corrected chi connectivity index (χ3v) is 7.04. The van der Waals surface area contributed by atoms with Crippen LogP contribution in [0.1, 0.15) is 47.7 Å². The zero-order valence-corrected chi connectivity index (χ0v) is 18.0. The van der Waals surface area contributed by atoms with E-state index in [0.717, 1.165) is 36.1 Å². The summed E-state index contributed by atoms with van der Waals surface area (Å²) in [5.41, 5.74) is 2.67. The van der Waals surface area contributed by atoms with E-state index >= 15 is 0 Å². The Morgan fingerprint density at radius 1 is 1.03 bits per heavy atom. The molecule has 1 N–H and O–H groups in total. The normalized spacial score (nSPS) is 15.1. The molecule has 2 aromatic carbocycles. The lowest BCUT2D eigenvalue weighted by Crippen LogP contribution is -2.35. The van der Waals surface area contributed by atoms with Gasteiger partial charge in [0, 0.05) is 24.3 Å². The van der Waals surface area contributed by atoms with E-state index in [0.29, 0.717) is 30.9 Å². The average Bonchev–Trinajstić information content (AvgIpc) is 2.71. The van der Waals surface area contributed by atoms with E-state index in [-0.39, 0.29) is 10.8 Å². The van der Waals surface area contributed by atoms with Crippen LogP contribution in [-0.2, 0) is 10.0 Å². The zero-order chi connectivity index (χ0) is 21.0. The minimum atomic E-state index is -3.55. The first kappa shape index (κ1) is 21.3. The van der Waals surface area contributed by atoms with Gasteiger partial charge >= 0.3 is 0 Å². The molecule has 0 aliphatic carbocycles. The van der Waals surface area contributed by atoms with Crippen LogP contribution in [0.3, 0.4) is 0 Å². The maximum atomic E-state index is 12.9. The highest BCUT2D eigenvalue weighted by atomic mass is 32.2. The van der Waals surface area contributed by atoms with Gasteiger partial charge in [0.1, 0.15) is 5.75 Å². The van der Waals surface area contributed by atoms with Crippen molar-refractivity contribution in [2.45, 2.75) is 44.9 Å².